The van der Waals surface area contributed by atoms with Crippen LogP contribution in [0.15, 0.2) is 18.3 Å². The van der Waals surface area contributed by atoms with Gasteiger partial charge in [0.2, 0.25) is 0 Å². The second kappa shape index (κ2) is 5.86. The highest BCUT2D eigenvalue weighted by atomic mass is 35.5. The SMILES string of the molecule is CCC(Cl)CCc1ncccc1OC. The molecule has 1 aromatic heterocycles. The second-order valence-corrected chi connectivity index (χ2v) is 3.81. The smallest absolute Gasteiger partial charge is 0.140 e. The molecule has 3 heteroatoms. The van der Waals surface area contributed by atoms with E-state index in [1.807, 2.05) is 12.1 Å². The third-order valence-electron chi connectivity index (χ3n) is 2.21. The van der Waals surface area contributed by atoms with Gasteiger partial charge < -0.3 is 4.74 Å². The Morgan fingerprint density at radius 2 is 2.36 bits per heavy atom. The zero-order valence-corrected chi connectivity index (χ0v) is 9.42. The minimum Gasteiger partial charge on any atom is -0.495 e. The van der Waals surface area contributed by atoms with E-state index in [-0.39, 0.29) is 5.38 Å². The van der Waals surface area contributed by atoms with E-state index < -0.39 is 0 Å². The van der Waals surface area contributed by atoms with Gasteiger partial charge in [0.1, 0.15) is 5.75 Å². The van der Waals surface area contributed by atoms with Crippen LogP contribution in [0.2, 0.25) is 0 Å². The minimum atomic E-state index is 0.238. The van der Waals surface area contributed by atoms with Crippen LogP contribution in [0.1, 0.15) is 25.5 Å². The molecule has 1 heterocycles. The maximum Gasteiger partial charge on any atom is 0.140 e. The maximum atomic E-state index is 6.04. The van der Waals surface area contributed by atoms with Crippen molar-refractivity contribution in [3.05, 3.63) is 24.0 Å². The van der Waals surface area contributed by atoms with Crippen LogP contribution >= 0.6 is 11.6 Å². The fraction of sp³-hybridized carbons (Fsp3) is 0.545. The summed E-state index contributed by atoms with van der Waals surface area (Å²) in [6.07, 6.45) is 4.61. The molecule has 0 amide bonds. The van der Waals surface area contributed by atoms with Crippen LogP contribution in [0.5, 0.6) is 5.75 Å². The van der Waals surface area contributed by atoms with Crippen LogP contribution in [0.3, 0.4) is 0 Å². The fourth-order valence-electron chi connectivity index (χ4n) is 1.29. The van der Waals surface area contributed by atoms with Gasteiger partial charge in [-0.3, -0.25) is 4.98 Å². The van der Waals surface area contributed by atoms with Crippen LogP contribution in [0.4, 0.5) is 0 Å². The van der Waals surface area contributed by atoms with Crippen LogP contribution < -0.4 is 4.74 Å². The number of halogens is 1. The van der Waals surface area contributed by atoms with E-state index in [0.717, 1.165) is 30.7 Å². The molecule has 0 spiro atoms. The van der Waals surface area contributed by atoms with Gasteiger partial charge in [-0.05, 0) is 31.4 Å². The van der Waals surface area contributed by atoms with E-state index in [4.69, 9.17) is 16.3 Å². The van der Waals surface area contributed by atoms with Gasteiger partial charge in [0.25, 0.3) is 0 Å². The first-order valence-corrected chi connectivity index (χ1v) is 5.33. The van der Waals surface area contributed by atoms with Crippen molar-refractivity contribution in [1.82, 2.24) is 4.98 Å². The summed E-state index contributed by atoms with van der Waals surface area (Å²) in [5.74, 6) is 0.854. The van der Waals surface area contributed by atoms with Gasteiger partial charge in [-0.2, -0.15) is 0 Å². The summed E-state index contributed by atoms with van der Waals surface area (Å²) in [6.45, 7) is 2.09. The number of alkyl halides is 1. The standard InChI is InChI=1S/C11H16ClNO/c1-3-9(12)6-7-10-11(14-2)5-4-8-13-10/h4-5,8-9H,3,6-7H2,1-2H3. The second-order valence-electron chi connectivity index (χ2n) is 3.20. The van der Waals surface area contributed by atoms with Crippen molar-refractivity contribution in [1.29, 1.82) is 0 Å². The van der Waals surface area contributed by atoms with Crippen LogP contribution in [-0.2, 0) is 6.42 Å². The molecule has 1 unspecified atom stereocenters. The first-order valence-electron chi connectivity index (χ1n) is 4.89. The molecule has 0 saturated heterocycles. The molecule has 0 radical (unpaired) electrons. The van der Waals surface area contributed by atoms with E-state index in [1.165, 1.54) is 0 Å². The Labute approximate surface area is 90.3 Å². The summed E-state index contributed by atoms with van der Waals surface area (Å²) in [5.41, 5.74) is 0.995. The molecule has 14 heavy (non-hydrogen) atoms. The molecule has 0 aromatic carbocycles. The normalized spacial score (nSPS) is 12.5. The maximum absolute atomic E-state index is 6.04. The zero-order valence-electron chi connectivity index (χ0n) is 8.66. The zero-order chi connectivity index (χ0) is 10.4. The quantitative estimate of drug-likeness (QED) is 0.702. The summed E-state index contributed by atoms with van der Waals surface area (Å²) < 4.78 is 5.21. The van der Waals surface area contributed by atoms with Gasteiger partial charge in [0.15, 0.2) is 0 Å². The van der Waals surface area contributed by atoms with Crippen molar-refractivity contribution >= 4 is 11.6 Å². The number of aryl methyl sites for hydroxylation is 1. The van der Waals surface area contributed by atoms with E-state index in [1.54, 1.807) is 13.3 Å². The Kier molecular flexibility index (Phi) is 4.74. The first-order chi connectivity index (χ1) is 6.77. The molecule has 0 fully saturated rings. The lowest BCUT2D eigenvalue weighted by Crippen LogP contribution is -2.01. The van der Waals surface area contributed by atoms with Crippen LogP contribution in [-0.4, -0.2) is 17.5 Å². The Bertz CT molecular complexity index is 278. The molecular weight excluding hydrogens is 198 g/mol. The molecule has 0 N–H and O–H groups in total. The van der Waals surface area contributed by atoms with E-state index >= 15 is 0 Å². The predicted molar refractivity (Wildman–Crippen MR) is 59.0 cm³/mol. The number of nitrogens with zero attached hydrogens (tertiary/aromatic N) is 1. The molecule has 0 bridgehead atoms. The molecule has 1 rings (SSSR count). The van der Waals surface area contributed by atoms with Gasteiger partial charge in [0.05, 0.1) is 12.8 Å². The van der Waals surface area contributed by atoms with Crippen molar-refractivity contribution in [2.45, 2.75) is 31.6 Å². The topological polar surface area (TPSA) is 22.1 Å². The molecule has 2 nitrogen and oxygen atoms in total. The van der Waals surface area contributed by atoms with E-state index in [2.05, 4.69) is 11.9 Å². The largest absolute Gasteiger partial charge is 0.495 e. The number of ether oxygens (including phenoxy) is 1. The Balaban J connectivity index is 2.57. The molecule has 0 aliphatic rings. The molecule has 1 atom stereocenters. The Hall–Kier alpha value is -0.760. The summed E-state index contributed by atoms with van der Waals surface area (Å²) in [6, 6.07) is 3.80. The fourth-order valence-corrected chi connectivity index (χ4v) is 1.40. The van der Waals surface area contributed by atoms with Gasteiger partial charge in [-0.15, -0.1) is 11.6 Å². The lowest BCUT2D eigenvalue weighted by Gasteiger charge is -2.08. The molecule has 0 saturated carbocycles. The average molecular weight is 214 g/mol. The predicted octanol–water partition coefficient (Wildman–Crippen LogP) is 3.04. The average Bonchev–Trinajstić information content (AvgIpc) is 2.26. The Morgan fingerprint density at radius 1 is 1.57 bits per heavy atom. The highest BCUT2D eigenvalue weighted by Crippen LogP contribution is 2.18. The third-order valence-corrected chi connectivity index (χ3v) is 2.73. The summed E-state index contributed by atoms with van der Waals surface area (Å²) >= 11 is 6.04. The highest BCUT2D eigenvalue weighted by molar-refractivity contribution is 6.20. The van der Waals surface area contributed by atoms with Gasteiger partial charge >= 0.3 is 0 Å². The van der Waals surface area contributed by atoms with Crippen LogP contribution in [0, 0.1) is 0 Å². The van der Waals surface area contributed by atoms with Crippen molar-refractivity contribution < 1.29 is 4.74 Å². The van der Waals surface area contributed by atoms with E-state index in [0.29, 0.717) is 0 Å². The third kappa shape index (κ3) is 3.18. The van der Waals surface area contributed by atoms with E-state index in [9.17, 15) is 0 Å². The van der Waals surface area contributed by atoms with Crippen molar-refractivity contribution in [2.75, 3.05) is 7.11 Å². The minimum absolute atomic E-state index is 0.238. The van der Waals surface area contributed by atoms with Crippen LogP contribution in [0.25, 0.3) is 0 Å². The number of methoxy groups -OCH3 is 1. The van der Waals surface area contributed by atoms with Gasteiger partial charge in [0, 0.05) is 11.6 Å². The molecule has 78 valence electrons. The summed E-state index contributed by atoms with van der Waals surface area (Å²) in [4.78, 5) is 4.27. The lowest BCUT2D eigenvalue weighted by atomic mass is 10.1. The highest BCUT2D eigenvalue weighted by Gasteiger charge is 2.06. The number of hydrogen-bond acceptors (Lipinski definition) is 2. The molecular formula is C11H16ClNO. The monoisotopic (exact) mass is 213 g/mol. The van der Waals surface area contributed by atoms with Gasteiger partial charge in [-0.1, -0.05) is 6.92 Å². The van der Waals surface area contributed by atoms with Gasteiger partial charge in [-0.25, -0.2) is 0 Å². The number of hydrogen-bond donors (Lipinski definition) is 0. The Morgan fingerprint density at radius 3 is 3.00 bits per heavy atom. The van der Waals surface area contributed by atoms with Crippen molar-refractivity contribution in [2.24, 2.45) is 0 Å². The number of pyridine rings is 1. The van der Waals surface area contributed by atoms with Crippen molar-refractivity contribution in [3.63, 3.8) is 0 Å². The molecule has 0 aliphatic carbocycles. The summed E-state index contributed by atoms with van der Waals surface area (Å²) in [5, 5.41) is 0.238. The molecule has 0 aliphatic heterocycles. The molecule has 1 aromatic rings. The van der Waals surface area contributed by atoms with Crippen molar-refractivity contribution in [3.8, 4) is 5.75 Å². The number of aromatic nitrogens is 1. The number of rotatable bonds is 5. The summed E-state index contributed by atoms with van der Waals surface area (Å²) in [7, 11) is 1.67. The first kappa shape index (κ1) is 11.3. The lowest BCUT2D eigenvalue weighted by molar-refractivity contribution is 0.406.